The van der Waals surface area contributed by atoms with E-state index >= 15 is 0 Å². The monoisotopic (exact) mass is 338 g/mol. The molecule has 0 aromatic heterocycles. The average molecular weight is 338 g/mol. The van der Waals surface area contributed by atoms with Gasteiger partial charge in [-0.2, -0.15) is 13.2 Å². The quantitative estimate of drug-likeness (QED) is 0.608. The third-order valence-electron chi connectivity index (χ3n) is 4.25. The van der Waals surface area contributed by atoms with E-state index in [0.717, 1.165) is 34.3 Å². The van der Waals surface area contributed by atoms with Gasteiger partial charge in [0.2, 0.25) is 0 Å². The van der Waals surface area contributed by atoms with Crippen molar-refractivity contribution < 1.29 is 13.2 Å². The average Bonchev–Trinajstić information content (AvgIpc) is 2.60. The first-order valence-corrected chi connectivity index (χ1v) is 7.91. The second kappa shape index (κ2) is 5.88. The minimum Gasteiger partial charge on any atom is -0.405 e. The highest BCUT2D eigenvalue weighted by atomic mass is 19.4. The summed E-state index contributed by atoms with van der Waals surface area (Å²) in [6.45, 7) is -0.136. The topological polar surface area (TPSA) is 24.1 Å². The number of nitrogens with one attached hydrogen (secondary N) is 2. The summed E-state index contributed by atoms with van der Waals surface area (Å²) in [4.78, 5) is 0. The molecule has 2 nitrogen and oxygen atoms in total. The molecule has 2 N–H and O–H groups in total. The lowest BCUT2D eigenvalue weighted by Gasteiger charge is -2.24. The Labute approximate surface area is 143 Å². The van der Waals surface area contributed by atoms with E-state index < -0.39 is 11.7 Å². The van der Waals surface area contributed by atoms with E-state index in [1.165, 1.54) is 12.1 Å². The van der Waals surface area contributed by atoms with Gasteiger partial charge >= 0.3 is 13.2 Å². The van der Waals surface area contributed by atoms with E-state index in [4.69, 9.17) is 0 Å². The fraction of sp³-hybridized carbons (Fsp3) is 0.0526. The molecule has 0 amide bonds. The van der Waals surface area contributed by atoms with Gasteiger partial charge in [-0.1, -0.05) is 48.4 Å². The molecule has 0 unspecified atom stereocenters. The number of hydrogen-bond acceptors (Lipinski definition) is 2. The molecule has 6 heteroatoms. The van der Waals surface area contributed by atoms with Crippen molar-refractivity contribution in [1.82, 2.24) is 0 Å². The summed E-state index contributed by atoms with van der Waals surface area (Å²) in [6.07, 6.45) is -2.50. The molecule has 3 aromatic rings. The van der Waals surface area contributed by atoms with Gasteiger partial charge in [-0.15, -0.1) is 0 Å². The van der Waals surface area contributed by atoms with Crippen molar-refractivity contribution in [3.8, 4) is 0 Å². The zero-order valence-corrected chi connectivity index (χ0v) is 13.1. The summed E-state index contributed by atoms with van der Waals surface area (Å²) in [5, 5.41) is 9.07. The van der Waals surface area contributed by atoms with Crippen molar-refractivity contribution in [3.63, 3.8) is 0 Å². The molecule has 3 aromatic carbocycles. The maximum absolute atomic E-state index is 12.6. The zero-order chi connectivity index (χ0) is 17.4. The van der Waals surface area contributed by atoms with Crippen LogP contribution in [0.15, 0.2) is 66.6 Å². The van der Waals surface area contributed by atoms with Crippen LogP contribution >= 0.6 is 0 Å². The lowest BCUT2D eigenvalue weighted by molar-refractivity contribution is -0.137. The van der Waals surface area contributed by atoms with Gasteiger partial charge in [0.25, 0.3) is 0 Å². The van der Waals surface area contributed by atoms with Crippen LogP contribution < -0.4 is 10.5 Å². The Hall–Kier alpha value is -2.89. The van der Waals surface area contributed by atoms with E-state index in [-0.39, 0.29) is 6.98 Å². The van der Waals surface area contributed by atoms with E-state index in [0.29, 0.717) is 5.56 Å². The van der Waals surface area contributed by atoms with Crippen molar-refractivity contribution in [2.45, 2.75) is 6.18 Å². The number of benzene rings is 3. The molecule has 0 bridgehead atoms. The molecule has 0 atom stereocenters. The summed E-state index contributed by atoms with van der Waals surface area (Å²) in [6, 6.07) is 17.3. The normalized spacial score (nSPS) is 13.8. The van der Waals surface area contributed by atoms with Gasteiger partial charge in [0.15, 0.2) is 0 Å². The largest absolute Gasteiger partial charge is 0.416 e. The number of alkyl halides is 3. The van der Waals surface area contributed by atoms with Crippen LogP contribution in [0.5, 0.6) is 0 Å². The van der Waals surface area contributed by atoms with E-state index in [2.05, 4.69) is 22.6 Å². The number of anilines is 2. The fourth-order valence-electron chi connectivity index (χ4n) is 3.04. The molecule has 0 saturated carbocycles. The lowest BCUT2D eigenvalue weighted by atomic mass is 9.73. The number of rotatable bonds is 2. The first-order chi connectivity index (χ1) is 12.0. The minimum absolute atomic E-state index is 0.136. The Morgan fingerprint density at radius 2 is 1.40 bits per heavy atom. The molecular formula is C19H14BF3N2. The summed E-state index contributed by atoms with van der Waals surface area (Å²) in [5.74, 6) is 1.90. The standard InChI is InChI=1S/C19H14BF3N2/c21-19(22,23)15-9-7-13(8-10-15)11-12-20-24-16-5-1-3-14-4-2-6-17(25-20)18(14)16/h1-12,24-25H/b12-11-. The maximum atomic E-state index is 12.6. The van der Waals surface area contributed by atoms with E-state index in [9.17, 15) is 13.2 Å². The van der Waals surface area contributed by atoms with E-state index in [1.54, 1.807) is 6.08 Å². The Kier molecular flexibility index (Phi) is 3.68. The Morgan fingerprint density at radius 3 is 1.96 bits per heavy atom. The highest BCUT2D eigenvalue weighted by molar-refractivity contribution is 6.73. The molecule has 0 fully saturated rings. The van der Waals surface area contributed by atoms with Gasteiger partial charge in [0, 0.05) is 16.8 Å². The number of hydrogen-bond donors (Lipinski definition) is 2. The molecule has 0 radical (unpaired) electrons. The first-order valence-electron chi connectivity index (χ1n) is 7.91. The van der Waals surface area contributed by atoms with Crippen LogP contribution in [-0.2, 0) is 6.18 Å². The van der Waals surface area contributed by atoms with Crippen LogP contribution in [0, 0.1) is 0 Å². The molecular weight excluding hydrogens is 324 g/mol. The predicted octanol–water partition coefficient (Wildman–Crippen LogP) is 5.44. The first kappa shape index (κ1) is 15.6. The zero-order valence-electron chi connectivity index (χ0n) is 13.1. The molecule has 0 saturated heterocycles. The van der Waals surface area contributed by atoms with Gasteiger partial charge in [-0.05, 0) is 35.2 Å². The molecule has 1 heterocycles. The van der Waals surface area contributed by atoms with Gasteiger partial charge in [-0.25, -0.2) is 0 Å². The summed E-state index contributed by atoms with van der Waals surface area (Å²) >= 11 is 0. The predicted molar refractivity (Wildman–Crippen MR) is 97.4 cm³/mol. The highest BCUT2D eigenvalue weighted by Crippen LogP contribution is 2.34. The molecule has 0 spiro atoms. The fourth-order valence-corrected chi connectivity index (χ4v) is 3.04. The number of halogens is 3. The van der Waals surface area contributed by atoms with Crippen LogP contribution in [0.2, 0.25) is 0 Å². The van der Waals surface area contributed by atoms with Gasteiger partial charge in [0.1, 0.15) is 0 Å². The van der Waals surface area contributed by atoms with Crippen LogP contribution in [-0.4, -0.2) is 6.98 Å². The van der Waals surface area contributed by atoms with E-state index in [1.807, 2.05) is 30.2 Å². The molecule has 124 valence electrons. The molecule has 1 aliphatic rings. The third-order valence-corrected chi connectivity index (χ3v) is 4.25. The second-order valence-corrected chi connectivity index (χ2v) is 5.95. The van der Waals surface area contributed by atoms with Gasteiger partial charge in [0.05, 0.1) is 5.56 Å². The summed E-state index contributed by atoms with van der Waals surface area (Å²) in [7, 11) is 0. The van der Waals surface area contributed by atoms with Crippen LogP contribution in [0.25, 0.3) is 16.8 Å². The lowest BCUT2D eigenvalue weighted by Crippen LogP contribution is -2.35. The Bertz CT molecular complexity index is 908. The minimum atomic E-state index is -4.31. The molecule has 25 heavy (non-hydrogen) atoms. The summed E-state index contributed by atoms with van der Waals surface area (Å²) < 4.78 is 37.8. The van der Waals surface area contributed by atoms with Crippen molar-refractivity contribution in [2.24, 2.45) is 0 Å². The van der Waals surface area contributed by atoms with Crippen LogP contribution in [0.3, 0.4) is 0 Å². The Morgan fingerprint density at radius 1 is 0.800 bits per heavy atom. The Balaban J connectivity index is 1.55. The van der Waals surface area contributed by atoms with Gasteiger partial charge in [-0.3, -0.25) is 0 Å². The van der Waals surface area contributed by atoms with Crippen molar-refractivity contribution >= 4 is 35.2 Å². The smallest absolute Gasteiger partial charge is 0.405 e. The van der Waals surface area contributed by atoms with Crippen LogP contribution in [0.1, 0.15) is 11.1 Å². The highest BCUT2D eigenvalue weighted by Gasteiger charge is 2.29. The molecule has 4 rings (SSSR count). The maximum Gasteiger partial charge on any atom is 0.416 e. The molecule has 1 aliphatic heterocycles. The molecule has 0 aliphatic carbocycles. The van der Waals surface area contributed by atoms with Crippen molar-refractivity contribution in [3.05, 3.63) is 77.8 Å². The van der Waals surface area contributed by atoms with Gasteiger partial charge < -0.3 is 10.5 Å². The summed E-state index contributed by atoms with van der Waals surface area (Å²) in [5.41, 5.74) is 2.15. The van der Waals surface area contributed by atoms with Crippen molar-refractivity contribution in [1.29, 1.82) is 0 Å². The second-order valence-electron chi connectivity index (χ2n) is 5.95. The third kappa shape index (κ3) is 3.07. The SMILES string of the molecule is FC(F)(F)c1ccc(/C=C\B2Nc3cccc4cccc(c34)N2)cc1. The van der Waals surface area contributed by atoms with Crippen LogP contribution in [0.4, 0.5) is 24.5 Å². The van der Waals surface area contributed by atoms with Crippen molar-refractivity contribution in [2.75, 3.05) is 10.5 Å².